The van der Waals surface area contributed by atoms with Gasteiger partial charge in [0.15, 0.2) is 0 Å². The highest BCUT2D eigenvalue weighted by Crippen LogP contribution is 3.01. The lowest BCUT2D eigenvalue weighted by Crippen LogP contribution is -2.10. The molecule has 0 heterocycles. The molecule has 0 aliphatic carbocycles. The zero-order valence-electron chi connectivity index (χ0n) is 6.18. The summed E-state index contributed by atoms with van der Waals surface area (Å²) in [6, 6.07) is 2.47. The van der Waals surface area contributed by atoms with Crippen LogP contribution in [0.4, 0.5) is 19.4 Å². The number of hydrogen-bond donors (Lipinski definition) is 0. The summed E-state index contributed by atoms with van der Waals surface area (Å²) in [5, 5.41) is 0. The number of halogens is 5. The summed E-state index contributed by atoms with van der Waals surface area (Å²) in [7, 11) is -4.58. The highest BCUT2D eigenvalue weighted by Gasteiger charge is 2.65. The lowest BCUT2D eigenvalue weighted by molar-refractivity contribution is 0.364. The standard InChI is InChI=1S/C6H4BF5S/c7-5-2-1-3-6(4-5)13(8,9,10,11)12/h1-4H. The first-order valence-electron chi connectivity index (χ1n) is 3.09. The second kappa shape index (κ2) is 2.02. The largest absolute Gasteiger partial charge is 0.310 e. The number of benzene rings is 1. The highest BCUT2D eigenvalue weighted by atomic mass is 32.5. The topological polar surface area (TPSA) is 0 Å². The van der Waals surface area contributed by atoms with Crippen molar-refractivity contribution in [2.24, 2.45) is 0 Å². The zero-order valence-corrected chi connectivity index (χ0v) is 7.00. The fourth-order valence-corrected chi connectivity index (χ4v) is 1.45. The van der Waals surface area contributed by atoms with Crippen LogP contribution in [-0.2, 0) is 0 Å². The Morgan fingerprint density at radius 2 is 1.54 bits per heavy atom. The third kappa shape index (κ3) is 2.62. The smallest absolute Gasteiger partial charge is 0.0952 e. The second-order valence-corrected chi connectivity index (χ2v) is 4.95. The molecule has 1 aromatic rings. The number of rotatable bonds is 1. The van der Waals surface area contributed by atoms with Crippen molar-refractivity contribution in [1.29, 1.82) is 0 Å². The molecule has 1 rings (SSSR count). The van der Waals surface area contributed by atoms with Crippen LogP contribution in [0.1, 0.15) is 0 Å². The average Bonchev–Trinajstić information content (AvgIpc) is 1.82. The van der Waals surface area contributed by atoms with E-state index in [1.165, 1.54) is 0 Å². The maximum atomic E-state index is 12.1. The van der Waals surface area contributed by atoms with Crippen molar-refractivity contribution >= 4 is 23.5 Å². The summed E-state index contributed by atoms with van der Waals surface area (Å²) in [5.41, 5.74) is -0.342. The van der Waals surface area contributed by atoms with E-state index in [2.05, 4.69) is 0 Å². The lowest BCUT2D eigenvalue weighted by Gasteiger charge is -2.40. The van der Waals surface area contributed by atoms with E-state index in [-0.39, 0.29) is 11.5 Å². The summed E-state index contributed by atoms with van der Waals surface area (Å²) in [6.45, 7) is 0. The lowest BCUT2D eigenvalue weighted by atomic mass is 9.97. The van der Waals surface area contributed by atoms with Crippen LogP contribution in [0.25, 0.3) is 0 Å². The van der Waals surface area contributed by atoms with Gasteiger partial charge < -0.3 is 0 Å². The van der Waals surface area contributed by atoms with Crippen LogP contribution >= 0.6 is 10.2 Å². The van der Waals surface area contributed by atoms with Crippen molar-refractivity contribution in [3.63, 3.8) is 0 Å². The van der Waals surface area contributed by atoms with Gasteiger partial charge in [-0.3, -0.25) is 0 Å². The fraction of sp³-hybridized carbons (Fsp3) is 0. The van der Waals surface area contributed by atoms with Crippen molar-refractivity contribution in [3.8, 4) is 0 Å². The quantitative estimate of drug-likeness (QED) is 0.497. The Morgan fingerprint density at radius 3 is 1.85 bits per heavy atom. The van der Waals surface area contributed by atoms with Gasteiger partial charge in [0, 0.05) is 0 Å². The molecule has 0 N–H and O–H groups in total. The summed E-state index contributed by atoms with van der Waals surface area (Å²) >= 11 is 0. The van der Waals surface area contributed by atoms with E-state index in [4.69, 9.17) is 7.85 Å². The predicted molar refractivity (Wildman–Crippen MR) is 43.2 cm³/mol. The van der Waals surface area contributed by atoms with Gasteiger partial charge in [0.25, 0.3) is 0 Å². The third-order valence-corrected chi connectivity index (χ3v) is 2.45. The average molecular weight is 214 g/mol. The zero-order chi connectivity index (χ0) is 10.4. The van der Waals surface area contributed by atoms with E-state index in [9.17, 15) is 19.4 Å². The minimum atomic E-state index is -9.54. The van der Waals surface area contributed by atoms with Gasteiger partial charge in [-0.1, -0.05) is 37.0 Å². The van der Waals surface area contributed by atoms with Crippen molar-refractivity contribution < 1.29 is 19.4 Å². The summed E-state index contributed by atoms with van der Waals surface area (Å²) in [6.07, 6.45) is 0. The third-order valence-electron chi connectivity index (χ3n) is 1.30. The molecule has 0 aromatic heterocycles. The summed E-state index contributed by atoms with van der Waals surface area (Å²) < 4.78 is 60.4. The molecule has 0 saturated heterocycles. The van der Waals surface area contributed by atoms with Crippen LogP contribution in [0.2, 0.25) is 0 Å². The van der Waals surface area contributed by atoms with Crippen LogP contribution in [0, 0.1) is 0 Å². The van der Waals surface area contributed by atoms with Gasteiger partial charge >= 0.3 is 10.2 Å². The molecule has 0 atom stereocenters. The predicted octanol–water partition coefficient (Wildman–Crippen LogP) is 3.14. The monoisotopic (exact) mass is 214 g/mol. The molecule has 0 amide bonds. The first kappa shape index (κ1) is 10.4. The van der Waals surface area contributed by atoms with Crippen molar-refractivity contribution in [2.45, 2.75) is 4.90 Å². The van der Waals surface area contributed by atoms with Gasteiger partial charge in [-0.05, 0) is 12.1 Å². The fourth-order valence-electron chi connectivity index (χ4n) is 0.754. The molecule has 0 aliphatic heterocycles. The first-order chi connectivity index (χ1) is 5.49. The Labute approximate surface area is 72.9 Å². The Hall–Kier alpha value is -0.715. The van der Waals surface area contributed by atoms with Gasteiger partial charge in [0.05, 0.1) is 0 Å². The van der Waals surface area contributed by atoms with Crippen molar-refractivity contribution in [2.75, 3.05) is 0 Å². The molecule has 0 bridgehead atoms. The van der Waals surface area contributed by atoms with Crippen LogP contribution in [0.5, 0.6) is 0 Å². The summed E-state index contributed by atoms with van der Waals surface area (Å²) in [5.74, 6) is 0. The molecular weight excluding hydrogens is 210 g/mol. The van der Waals surface area contributed by atoms with Gasteiger partial charge in [0.2, 0.25) is 0 Å². The maximum absolute atomic E-state index is 12.1. The van der Waals surface area contributed by atoms with Crippen LogP contribution in [-0.4, -0.2) is 7.85 Å². The minimum Gasteiger partial charge on any atom is -0.0952 e. The van der Waals surface area contributed by atoms with E-state index < -0.39 is 15.1 Å². The van der Waals surface area contributed by atoms with Gasteiger partial charge in [-0.15, -0.1) is 0 Å². The van der Waals surface area contributed by atoms with E-state index in [0.717, 1.165) is 12.1 Å². The molecule has 0 aliphatic rings. The van der Waals surface area contributed by atoms with Crippen molar-refractivity contribution in [1.82, 2.24) is 0 Å². The van der Waals surface area contributed by atoms with Crippen LogP contribution in [0.3, 0.4) is 0 Å². The van der Waals surface area contributed by atoms with Gasteiger partial charge in [-0.2, -0.15) is 0 Å². The molecular formula is C6H4BF5S. The Kier molecular flexibility index (Phi) is 1.61. The first-order valence-corrected chi connectivity index (χ1v) is 5.04. The molecule has 2 radical (unpaired) electrons. The molecule has 0 unspecified atom stereocenters. The minimum absolute atomic E-state index is 0.224. The van der Waals surface area contributed by atoms with Crippen LogP contribution < -0.4 is 5.46 Å². The van der Waals surface area contributed by atoms with Gasteiger partial charge in [-0.25, -0.2) is 0 Å². The Morgan fingerprint density at radius 1 is 1.00 bits per heavy atom. The normalized spacial score (nSPS) is 17.6. The SMILES string of the molecule is [B]c1cccc(S(F)(F)(F)(F)F)c1. The number of hydrogen-bond acceptors (Lipinski definition) is 0. The Balaban J connectivity index is 3.41. The molecule has 7 heteroatoms. The van der Waals surface area contributed by atoms with E-state index in [1.807, 2.05) is 0 Å². The molecule has 0 spiro atoms. The molecule has 0 saturated carbocycles. The highest BCUT2D eigenvalue weighted by molar-refractivity contribution is 8.45. The van der Waals surface area contributed by atoms with Crippen LogP contribution in [0.15, 0.2) is 29.2 Å². The maximum Gasteiger partial charge on any atom is 0.310 e. The van der Waals surface area contributed by atoms with Crippen molar-refractivity contribution in [3.05, 3.63) is 24.3 Å². The Bertz CT molecular complexity index is 342. The van der Waals surface area contributed by atoms with Gasteiger partial charge in [0.1, 0.15) is 12.7 Å². The van der Waals surface area contributed by atoms with E-state index >= 15 is 0 Å². The molecule has 72 valence electrons. The molecule has 1 aromatic carbocycles. The molecule has 0 nitrogen and oxygen atoms in total. The molecule has 13 heavy (non-hydrogen) atoms. The van der Waals surface area contributed by atoms with E-state index in [0.29, 0.717) is 6.07 Å². The van der Waals surface area contributed by atoms with E-state index in [1.54, 1.807) is 0 Å². The second-order valence-electron chi connectivity index (χ2n) is 2.54. The summed E-state index contributed by atoms with van der Waals surface area (Å²) in [4.78, 5) is -1.96. The molecule has 0 fully saturated rings.